The average molecular weight is 329 g/mol. The van der Waals surface area contributed by atoms with Crippen LogP contribution in [0.15, 0.2) is 28.8 Å². The van der Waals surface area contributed by atoms with Crippen LogP contribution in [0.1, 0.15) is 36.8 Å². The molecule has 2 heterocycles. The van der Waals surface area contributed by atoms with Gasteiger partial charge in [-0.05, 0) is 38.3 Å². The van der Waals surface area contributed by atoms with Crippen molar-refractivity contribution < 1.29 is 8.91 Å². The number of anilines is 1. The lowest BCUT2D eigenvalue weighted by Crippen LogP contribution is -2.51. The standard InChI is InChI=1S/C19H24FN3O/c1-14-12-23(18-8-4-3-7-16(18)20)11-10-22(14)13-17-15-6-2-5-9-19(15)24-21-17/h3-4,7-8,14H,2,5-6,9-13H2,1H3. The molecule has 1 aliphatic carbocycles. The van der Waals surface area contributed by atoms with Crippen molar-refractivity contribution in [2.45, 2.75) is 45.2 Å². The number of benzene rings is 1. The minimum absolute atomic E-state index is 0.135. The summed E-state index contributed by atoms with van der Waals surface area (Å²) in [5.41, 5.74) is 3.16. The van der Waals surface area contributed by atoms with Gasteiger partial charge in [0.1, 0.15) is 17.3 Å². The second kappa shape index (κ2) is 6.55. The maximum Gasteiger partial charge on any atom is 0.146 e. The van der Waals surface area contributed by atoms with E-state index < -0.39 is 0 Å². The molecule has 1 atom stereocenters. The number of hydrogen-bond donors (Lipinski definition) is 0. The monoisotopic (exact) mass is 329 g/mol. The fraction of sp³-hybridized carbons (Fsp3) is 0.526. The van der Waals surface area contributed by atoms with Crippen LogP contribution >= 0.6 is 0 Å². The van der Waals surface area contributed by atoms with Gasteiger partial charge in [0, 0.05) is 44.2 Å². The highest BCUT2D eigenvalue weighted by molar-refractivity contribution is 5.48. The number of aromatic nitrogens is 1. The third-order valence-electron chi connectivity index (χ3n) is 5.34. The lowest BCUT2D eigenvalue weighted by Gasteiger charge is -2.40. The van der Waals surface area contributed by atoms with Crippen molar-refractivity contribution in [2.24, 2.45) is 0 Å². The SMILES string of the molecule is CC1CN(c2ccccc2F)CCN1Cc1noc2c1CCCC2. The van der Waals surface area contributed by atoms with E-state index in [2.05, 4.69) is 21.9 Å². The first-order valence-corrected chi connectivity index (χ1v) is 8.92. The molecule has 0 spiro atoms. The Labute approximate surface area is 142 Å². The Morgan fingerprint density at radius 2 is 2.04 bits per heavy atom. The molecule has 1 unspecified atom stereocenters. The van der Waals surface area contributed by atoms with Crippen molar-refractivity contribution in [3.63, 3.8) is 0 Å². The molecule has 4 nitrogen and oxygen atoms in total. The maximum absolute atomic E-state index is 14.0. The molecule has 0 saturated carbocycles. The molecule has 1 fully saturated rings. The molecular formula is C19H24FN3O. The Bertz CT molecular complexity index is 714. The van der Waals surface area contributed by atoms with Gasteiger partial charge in [0.15, 0.2) is 0 Å². The Morgan fingerprint density at radius 3 is 2.88 bits per heavy atom. The van der Waals surface area contributed by atoms with Crippen LogP contribution in [0.5, 0.6) is 0 Å². The number of hydrogen-bond acceptors (Lipinski definition) is 4. The van der Waals surface area contributed by atoms with Crippen LogP contribution in [-0.2, 0) is 19.4 Å². The van der Waals surface area contributed by atoms with Gasteiger partial charge in [0.2, 0.25) is 0 Å². The third-order valence-corrected chi connectivity index (χ3v) is 5.34. The number of piperazine rings is 1. The normalized spacial score (nSPS) is 21.8. The molecule has 24 heavy (non-hydrogen) atoms. The Morgan fingerprint density at radius 1 is 1.21 bits per heavy atom. The van der Waals surface area contributed by atoms with Gasteiger partial charge >= 0.3 is 0 Å². The minimum atomic E-state index is -0.135. The fourth-order valence-electron chi connectivity index (χ4n) is 3.92. The zero-order valence-corrected chi connectivity index (χ0v) is 14.2. The number of para-hydroxylation sites is 1. The van der Waals surface area contributed by atoms with Gasteiger partial charge < -0.3 is 9.42 Å². The van der Waals surface area contributed by atoms with E-state index in [0.717, 1.165) is 50.5 Å². The predicted octanol–water partition coefficient (Wildman–Crippen LogP) is 3.40. The molecular weight excluding hydrogens is 305 g/mol. The van der Waals surface area contributed by atoms with Gasteiger partial charge in [-0.3, -0.25) is 4.90 Å². The molecule has 1 aliphatic heterocycles. The topological polar surface area (TPSA) is 32.5 Å². The molecule has 0 bridgehead atoms. The highest BCUT2D eigenvalue weighted by Crippen LogP contribution is 2.27. The first-order valence-electron chi connectivity index (χ1n) is 8.92. The number of fused-ring (bicyclic) bond motifs is 1. The lowest BCUT2D eigenvalue weighted by atomic mass is 9.96. The van der Waals surface area contributed by atoms with Gasteiger partial charge in [-0.25, -0.2) is 4.39 Å². The third kappa shape index (κ3) is 2.93. The summed E-state index contributed by atoms with van der Waals surface area (Å²) in [6.45, 7) is 5.63. The Hall–Kier alpha value is -1.88. The Kier molecular flexibility index (Phi) is 4.27. The van der Waals surface area contributed by atoms with Crippen LogP contribution in [0.2, 0.25) is 0 Å². The highest BCUT2D eigenvalue weighted by atomic mass is 19.1. The smallest absolute Gasteiger partial charge is 0.146 e. The summed E-state index contributed by atoms with van der Waals surface area (Å²) in [6, 6.07) is 7.40. The van der Waals surface area contributed by atoms with E-state index >= 15 is 0 Å². The van der Waals surface area contributed by atoms with Crippen LogP contribution in [0.3, 0.4) is 0 Å². The van der Waals surface area contributed by atoms with Crippen LogP contribution in [0.25, 0.3) is 0 Å². The number of rotatable bonds is 3. The number of aryl methyl sites for hydroxylation is 1. The van der Waals surface area contributed by atoms with E-state index in [-0.39, 0.29) is 5.82 Å². The van der Waals surface area contributed by atoms with E-state index in [9.17, 15) is 4.39 Å². The molecule has 2 aromatic rings. The quantitative estimate of drug-likeness (QED) is 0.864. The number of nitrogens with zero attached hydrogens (tertiary/aromatic N) is 3. The van der Waals surface area contributed by atoms with Crippen molar-refractivity contribution >= 4 is 5.69 Å². The fourth-order valence-corrected chi connectivity index (χ4v) is 3.92. The van der Waals surface area contributed by atoms with Crippen molar-refractivity contribution in [1.82, 2.24) is 10.1 Å². The molecule has 128 valence electrons. The van der Waals surface area contributed by atoms with Gasteiger partial charge in [-0.1, -0.05) is 17.3 Å². The highest BCUT2D eigenvalue weighted by Gasteiger charge is 2.28. The van der Waals surface area contributed by atoms with E-state index in [1.54, 1.807) is 6.07 Å². The van der Waals surface area contributed by atoms with Gasteiger partial charge in [-0.2, -0.15) is 0 Å². The minimum Gasteiger partial charge on any atom is -0.366 e. The van der Waals surface area contributed by atoms with Gasteiger partial charge in [-0.15, -0.1) is 0 Å². The second-order valence-electron chi connectivity index (χ2n) is 6.96. The summed E-state index contributed by atoms with van der Waals surface area (Å²) in [5.74, 6) is 0.956. The molecule has 1 aromatic heterocycles. The molecule has 0 N–H and O–H groups in total. The first kappa shape index (κ1) is 15.6. The predicted molar refractivity (Wildman–Crippen MR) is 91.6 cm³/mol. The number of halogens is 1. The summed E-state index contributed by atoms with van der Waals surface area (Å²) >= 11 is 0. The molecule has 0 amide bonds. The van der Waals surface area contributed by atoms with Crippen molar-refractivity contribution in [2.75, 3.05) is 24.5 Å². The van der Waals surface area contributed by atoms with E-state index in [0.29, 0.717) is 11.7 Å². The maximum atomic E-state index is 14.0. The molecule has 1 aromatic carbocycles. The zero-order chi connectivity index (χ0) is 16.5. The van der Waals surface area contributed by atoms with E-state index in [1.165, 1.54) is 24.5 Å². The zero-order valence-electron chi connectivity index (χ0n) is 14.2. The van der Waals surface area contributed by atoms with Crippen LogP contribution in [0, 0.1) is 5.82 Å². The molecule has 2 aliphatic rings. The van der Waals surface area contributed by atoms with Crippen LogP contribution < -0.4 is 4.90 Å². The summed E-state index contributed by atoms with van der Waals surface area (Å²) in [6.07, 6.45) is 4.56. The molecule has 0 radical (unpaired) electrons. The van der Waals surface area contributed by atoms with Gasteiger partial charge in [0.05, 0.1) is 5.69 Å². The molecule has 5 heteroatoms. The molecule has 1 saturated heterocycles. The van der Waals surface area contributed by atoms with Crippen molar-refractivity contribution in [3.05, 3.63) is 47.1 Å². The summed E-state index contributed by atoms with van der Waals surface area (Å²) < 4.78 is 19.5. The van der Waals surface area contributed by atoms with E-state index in [4.69, 9.17) is 4.52 Å². The van der Waals surface area contributed by atoms with E-state index in [1.807, 2.05) is 12.1 Å². The average Bonchev–Trinajstić information content (AvgIpc) is 3.00. The van der Waals surface area contributed by atoms with Crippen LogP contribution in [-0.4, -0.2) is 35.7 Å². The summed E-state index contributed by atoms with van der Waals surface area (Å²) in [4.78, 5) is 4.58. The summed E-state index contributed by atoms with van der Waals surface area (Å²) in [5, 5.41) is 4.33. The first-order chi connectivity index (χ1) is 11.7. The van der Waals surface area contributed by atoms with Crippen LogP contribution in [0.4, 0.5) is 10.1 Å². The lowest BCUT2D eigenvalue weighted by molar-refractivity contribution is 0.175. The second-order valence-corrected chi connectivity index (χ2v) is 6.96. The largest absolute Gasteiger partial charge is 0.366 e. The van der Waals surface area contributed by atoms with Crippen molar-refractivity contribution in [1.29, 1.82) is 0 Å². The van der Waals surface area contributed by atoms with Crippen molar-refractivity contribution in [3.8, 4) is 0 Å². The van der Waals surface area contributed by atoms with Gasteiger partial charge in [0.25, 0.3) is 0 Å². The summed E-state index contributed by atoms with van der Waals surface area (Å²) in [7, 11) is 0. The molecule has 4 rings (SSSR count). The Balaban J connectivity index is 1.44.